The SMILES string of the molecule is C[C@]12CC[C@@]3(CS3)CC1CCC1C2CC[C@@]2(C)C1CC[C@]21CS1. The van der Waals surface area contributed by atoms with Crippen molar-refractivity contribution in [2.24, 2.45) is 34.5 Å². The Bertz CT molecular complexity index is 548. The molecule has 23 heavy (non-hydrogen) atoms. The molecule has 6 rings (SSSR count). The third-order valence-electron chi connectivity index (χ3n) is 10.1. The van der Waals surface area contributed by atoms with E-state index in [4.69, 9.17) is 0 Å². The fourth-order valence-corrected chi connectivity index (χ4v) is 10.9. The first-order chi connectivity index (χ1) is 11.0. The number of hydrogen-bond acceptors (Lipinski definition) is 2. The second-order valence-corrected chi connectivity index (χ2v) is 13.4. The zero-order valence-electron chi connectivity index (χ0n) is 14.9. The highest BCUT2D eigenvalue weighted by atomic mass is 32.2. The molecule has 2 spiro atoms. The van der Waals surface area contributed by atoms with E-state index in [1.54, 1.807) is 57.8 Å². The molecular weight excluding hydrogens is 316 g/mol. The quantitative estimate of drug-likeness (QED) is 0.492. The Morgan fingerprint density at radius 1 is 0.783 bits per heavy atom. The number of rotatable bonds is 0. The van der Waals surface area contributed by atoms with Crippen LogP contribution in [0.25, 0.3) is 0 Å². The van der Waals surface area contributed by atoms with Gasteiger partial charge in [-0.1, -0.05) is 13.8 Å². The van der Waals surface area contributed by atoms with E-state index in [0.717, 1.165) is 33.2 Å². The maximum absolute atomic E-state index is 2.74. The highest BCUT2D eigenvalue weighted by molar-refractivity contribution is 8.08. The Balaban J connectivity index is 1.32. The summed E-state index contributed by atoms with van der Waals surface area (Å²) in [6.07, 6.45) is 14.1. The Morgan fingerprint density at radius 3 is 2.30 bits per heavy atom. The normalized spacial score (nSPS) is 66.0. The summed E-state index contributed by atoms with van der Waals surface area (Å²) in [5.74, 6) is 7.32. The molecule has 2 heteroatoms. The van der Waals surface area contributed by atoms with Gasteiger partial charge in [-0.25, -0.2) is 0 Å². The highest BCUT2D eigenvalue weighted by Crippen LogP contribution is 2.76. The molecule has 4 aliphatic carbocycles. The molecule has 0 N–H and O–H groups in total. The molecular formula is C21H32S2. The van der Waals surface area contributed by atoms with Crippen LogP contribution in [0.1, 0.15) is 71.6 Å². The molecule has 0 aromatic carbocycles. The van der Waals surface area contributed by atoms with Crippen molar-refractivity contribution in [2.75, 3.05) is 11.5 Å². The number of thioether (sulfide) groups is 2. The van der Waals surface area contributed by atoms with Crippen LogP contribution in [0.4, 0.5) is 0 Å². The van der Waals surface area contributed by atoms with Gasteiger partial charge in [-0.2, -0.15) is 23.5 Å². The van der Waals surface area contributed by atoms with E-state index in [2.05, 4.69) is 37.4 Å². The number of fused-ring (bicyclic) bond motifs is 6. The minimum Gasteiger partial charge on any atom is -0.153 e. The van der Waals surface area contributed by atoms with E-state index >= 15 is 0 Å². The Hall–Kier alpha value is 0.700. The lowest BCUT2D eigenvalue weighted by atomic mass is 9.44. The average molecular weight is 349 g/mol. The van der Waals surface area contributed by atoms with E-state index in [-0.39, 0.29) is 0 Å². The molecule has 0 aromatic heterocycles. The maximum atomic E-state index is 2.74. The van der Waals surface area contributed by atoms with Gasteiger partial charge in [-0.3, -0.25) is 0 Å². The summed E-state index contributed by atoms with van der Waals surface area (Å²) in [5, 5.41) is 0. The van der Waals surface area contributed by atoms with Gasteiger partial charge in [0, 0.05) is 21.0 Å². The summed E-state index contributed by atoms with van der Waals surface area (Å²) in [6, 6.07) is 0. The van der Waals surface area contributed by atoms with Gasteiger partial charge in [-0.05, 0) is 92.3 Å². The molecule has 4 saturated carbocycles. The Labute approximate surface area is 150 Å². The van der Waals surface area contributed by atoms with Crippen LogP contribution in [0.15, 0.2) is 0 Å². The lowest BCUT2D eigenvalue weighted by Crippen LogP contribution is -2.55. The minimum atomic E-state index is 0.713. The Morgan fingerprint density at radius 2 is 1.57 bits per heavy atom. The first-order valence-electron chi connectivity index (χ1n) is 10.3. The summed E-state index contributed by atoms with van der Waals surface area (Å²) >= 11 is 4.62. The molecule has 6 fully saturated rings. The summed E-state index contributed by atoms with van der Waals surface area (Å²) in [4.78, 5) is 0. The predicted molar refractivity (Wildman–Crippen MR) is 102 cm³/mol. The molecule has 2 heterocycles. The molecule has 2 saturated heterocycles. The smallest absolute Gasteiger partial charge is 0.0307 e. The van der Waals surface area contributed by atoms with Crippen molar-refractivity contribution in [1.82, 2.24) is 0 Å². The number of hydrogen-bond donors (Lipinski definition) is 0. The standard InChI is InChI=1S/C21H32S2/c1-18-9-10-20(12-22-20)11-14(18)3-4-15-16(18)5-7-19(2)17(15)6-8-21(19)13-23-21/h14-17H,3-13H2,1-2H3/t14?,15?,16?,17?,18-,19-,20-,21-/m0/s1. The van der Waals surface area contributed by atoms with Crippen molar-refractivity contribution < 1.29 is 0 Å². The van der Waals surface area contributed by atoms with E-state index < -0.39 is 0 Å². The van der Waals surface area contributed by atoms with Gasteiger partial charge in [0.2, 0.25) is 0 Å². The lowest BCUT2D eigenvalue weighted by molar-refractivity contribution is -0.107. The lowest BCUT2D eigenvalue weighted by Gasteiger charge is -2.61. The van der Waals surface area contributed by atoms with Crippen LogP contribution in [0.3, 0.4) is 0 Å². The highest BCUT2D eigenvalue weighted by Gasteiger charge is 2.69. The van der Waals surface area contributed by atoms with Gasteiger partial charge in [-0.15, -0.1) is 0 Å². The first-order valence-corrected chi connectivity index (χ1v) is 12.3. The molecule has 0 aromatic rings. The monoisotopic (exact) mass is 348 g/mol. The topological polar surface area (TPSA) is 0 Å². The van der Waals surface area contributed by atoms with Crippen LogP contribution < -0.4 is 0 Å². The molecule has 8 atom stereocenters. The zero-order valence-corrected chi connectivity index (χ0v) is 16.5. The minimum absolute atomic E-state index is 0.713. The first kappa shape index (κ1) is 14.8. The van der Waals surface area contributed by atoms with Crippen molar-refractivity contribution in [1.29, 1.82) is 0 Å². The summed E-state index contributed by atoms with van der Waals surface area (Å²) in [7, 11) is 0. The van der Waals surface area contributed by atoms with Gasteiger partial charge in [0.25, 0.3) is 0 Å². The van der Waals surface area contributed by atoms with Gasteiger partial charge in [0.1, 0.15) is 0 Å². The van der Waals surface area contributed by atoms with Gasteiger partial charge < -0.3 is 0 Å². The van der Waals surface area contributed by atoms with Crippen LogP contribution in [-0.4, -0.2) is 21.0 Å². The van der Waals surface area contributed by atoms with Crippen LogP contribution >= 0.6 is 23.5 Å². The second kappa shape index (κ2) is 4.33. The summed E-state index contributed by atoms with van der Waals surface area (Å²) < 4.78 is 1.53. The van der Waals surface area contributed by atoms with Gasteiger partial charge in [0.05, 0.1) is 0 Å². The van der Waals surface area contributed by atoms with E-state index in [0.29, 0.717) is 10.8 Å². The van der Waals surface area contributed by atoms with Crippen molar-refractivity contribution in [3.8, 4) is 0 Å². The van der Waals surface area contributed by atoms with Crippen LogP contribution in [0.5, 0.6) is 0 Å². The van der Waals surface area contributed by atoms with E-state index in [1.165, 1.54) is 11.5 Å². The maximum Gasteiger partial charge on any atom is 0.0307 e. The van der Waals surface area contributed by atoms with Crippen molar-refractivity contribution in [2.45, 2.75) is 81.1 Å². The molecule has 2 aliphatic heterocycles. The van der Waals surface area contributed by atoms with Crippen molar-refractivity contribution >= 4 is 23.5 Å². The molecule has 0 bridgehead atoms. The molecule has 4 unspecified atom stereocenters. The zero-order chi connectivity index (χ0) is 15.5. The summed E-state index contributed by atoms with van der Waals surface area (Å²) in [6.45, 7) is 5.46. The molecule has 6 aliphatic rings. The molecule has 0 nitrogen and oxygen atoms in total. The fourth-order valence-electron chi connectivity index (χ4n) is 8.33. The van der Waals surface area contributed by atoms with Crippen LogP contribution in [-0.2, 0) is 0 Å². The predicted octanol–water partition coefficient (Wildman–Crippen LogP) is 6.00. The van der Waals surface area contributed by atoms with Crippen LogP contribution in [0.2, 0.25) is 0 Å². The molecule has 0 radical (unpaired) electrons. The third kappa shape index (κ3) is 1.74. The molecule has 128 valence electrons. The van der Waals surface area contributed by atoms with Crippen LogP contribution in [0, 0.1) is 34.5 Å². The summed E-state index contributed by atoms with van der Waals surface area (Å²) in [5.41, 5.74) is 1.43. The van der Waals surface area contributed by atoms with E-state index in [1.807, 2.05) is 0 Å². The van der Waals surface area contributed by atoms with Gasteiger partial charge in [0.15, 0.2) is 0 Å². The largest absolute Gasteiger partial charge is 0.153 e. The third-order valence-corrected chi connectivity index (χ3v) is 13.3. The van der Waals surface area contributed by atoms with Gasteiger partial charge >= 0.3 is 0 Å². The van der Waals surface area contributed by atoms with Crippen molar-refractivity contribution in [3.05, 3.63) is 0 Å². The average Bonchev–Trinajstić information content (AvgIpc) is 3.43. The Kier molecular flexibility index (Phi) is 2.79. The fraction of sp³-hybridized carbons (Fsp3) is 1.00. The second-order valence-electron chi connectivity index (χ2n) is 10.6. The molecule has 0 amide bonds. The van der Waals surface area contributed by atoms with E-state index in [9.17, 15) is 0 Å². The van der Waals surface area contributed by atoms with Crippen molar-refractivity contribution in [3.63, 3.8) is 0 Å².